The molecule has 0 aromatic carbocycles. The summed E-state index contributed by atoms with van der Waals surface area (Å²) in [4.78, 5) is 15.2. The quantitative estimate of drug-likeness (QED) is 0.645. The third-order valence-corrected chi connectivity index (χ3v) is 2.92. The zero-order chi connectivity index (χ0) is 13.4. The van der Waals surface area contributed by atoms with Crippen molar-refractivity contribution in [2.24, 2.45) is 0 Å². The Hall–Kier alpha value is -2.64. The first-order valence-corrected chi connectivity index (χ1v) is 5.77. The second-order valence-corrected chi connectivity index (χ2v) is 4.19. The number of aromatic nitrogens is 5. The lowest BCUT2D eigenvalue weighted by Gasteiger charge is -2.06. The summed E-state index contributed by atoms with van der Waals surface area (Å²) in [6.07, 6.45) is 1.56. The van der Waals surface area contributed by atoms with Crippen LogP contribution in [0.25, 0.3) is 11.2 Å². The van der Waals surface area contributed by atoms with E-state index in [4.69, 9.17) is 10.3 Å². The topological polar surface area (TPSA) is 119 Å². The smallest absolute Gasteiger partial charge is 0.224 e. The lowest BCUT2D eigenvalue weighted by atomic mass is 10.2. The molecule has 0 amide bonds. The average molecular weight is 259 g/mol. The number of fused-ring (bicyclic) bond motifs is 1. The van der Waals surface area contributed by atoms with Gasteiger partial charge in [-0.15, -0.1) is 0 Å². The molecule has 3 rings (SSSR count). The highest BCUT2D eigenvalue weighted by Gasteiger charge is 2.12. The van der Waals surface area contributed by atoms with Gasteiger partial charge in [-0.05, 0) is 13.8 Å². The van der Waals surface area contributed by atoms with Gasteiger partial charge in [0.15, 0.2) is 11.5 Å². The number of anilines is 2. The van der Waals surface area contributed by atoms with Crippen LogP contribution in [0, 0.1) is 13.8 Å². The fraction of sp³-hybridized carbons (Fsp3) is 0.273. The van der Waals surface area contributed by atoms with Gasteiger partial charge in [-0.25, -0.2) is 4.98 Å². The Balaban J connectivity index is 1.91. The van der Waals surface area contributed by atoms with Crippen molar-refractivity contribution in [1.29, 1.82) is 0 Å². The number of hydrogen-bond donors (Lipinski definition) is 3. The van der Waals surface area contributed by atoms with Crippen LogP contribution in [0.3, 0.4) is 0 Å². The number of hydrogen-bond acceptors (Lipinski definition) is 7. The first-order valence-electron chi connectivity index (χ1n) is 5.77. The molecule has 0 fully saturated rings. The molecule has 4 N–H and O–H groups in total. The van der Waals surface area contributed by atoms with Gasteiger partial charge in [0.2, 0.25) is 5.95 Å². The fourth-order valence-corrected chi connectivity index (χ4v) is 1.90. The van der Waals surface area contributed by atoms with Gasteiger partial charge in [0.25, 0.3) is 0 Å². The number of nitrogens with two attached hydrogens (primary N) is 1. The minimum absolute atomic E-state index is 0.181. The minimum atomic E-state index is 0.181. The predicted molar refractivity (Wildman–Crippen MR) is 69.4 cm³/mol. The van der Waals surface area contributed by atoms with Crippen LogP contribution < -0.4 is 11.1 Å². The highest BCUT2D eigenvalue weighted by atomic mass is 16.5. The number of nitrogen functional groups attached to an aromatic ring is 1. The van der Waals surface area contributed by atoms with Crippen LogP contribution in [0.15, 0.2) is 10.9 Å². The zero-order valence-electron chi connectivity index (χ0n) is 10.6. The van der Waals surface area contributed by atoms with Gasteiger partial charge < -0.3 is 20.6 Å². The molecule has 0 saturated carbocycles. The van der Waals surface area contributed by atoms with Gasteiger partial charge in [0, 0.05) is 12.1 Å². The van der Waals surface area contributed by atoms with Crippen molar-refractivity contribution in [2.75, 3.05) is 11.1 Å². The summed E-state index contributed by atoms with van der Waals surface area (Å²) < 4.78 is 5.11. The molecule has 3 aromatic rings. The Morgan fingerprint density at radius 1 is 1.37 bits per heavy atom. The van der Waals surface area contributed by atoms with E-state index in [1.165, 1.54) is 0 Å². The second kappa shape index (κ2) is 4.23. The number of H-pyrrole nitrogens is 1. The van der Waals surface area contributed by atoms with Gasteiger partial charge in [-0.2, -0.15) is 9.97 Å². The standard InChI is InChI=1S/C11H13N7O/c1-5-7(6(2)19-18-5)3-13-9-8-10(15-4-14-8)17-11(12)16-9/h4H,3H2,1-2H3,(H4,12,13,14,15,16,17). The molecule has 0 aliphatic rings. The van der Waals surface area contributed by atoms with E-state index in [0.717, 1.165) is 22.5 Å². The minimum Gasteiger partial charge on any atom is -0.368 e. The second-order valence-electron chi connectivity index (χ2n) is 4.19. The maximum Gasteiger partial charge on any atom is 0.224 e. The summed E-state index contributed by atoms with van der Waals surface area (Å²) in [7, 11) is 0. The van der Waals surface area contributed by atoms with Crippen molar-refractivity contribution in [1.82, 2.24) is 25.1 Å². The number of nitrogens with zero attached hydrogens (tertiary/aromatic N) is 4. The number of rotatable bonds is 3. The van der Waals surface area contributed by atoms with Crippen LogP contribution in [-0.2, 0) is 6.54 Å². The Morgan fingerprint density at radius 2 is 2.21 bits per heavy atom. The monoisotopic (exact) mass is 259 g/mol. The van der Waals surface area contributed by atoms with Crippen LogP contribution in [0.5, 0.6) is 0 Å². The summed E-state index contributed by atoms with van der Waals surface area (Å²) in [6.45, 7) is 4.32. The number of aromatic amines is 1. The van der Waals surface area contributed by atoms with Crippen molar-refractivity contribution in [3.05, 3.63) is 23.3 Å². The zero-order valence-corrected chi connectivity index (χ0v) is 10.6. The van der Waals surface area contributed by atoms with Crippen LogP contribution in [0.4, 0.5) is 11.8 Å². The van der Waals surface area contributed by atoms with Crippen molar-refractivity contribution >= 4 is 22.9 Å². The summed E-state index contributed by atoms with van der Waals surface area (Å²) in [5.74, 6) is 1.58. The summed E-state index contributed by atoms with van der Waals surface area (Å²) >= 11 is 0. The molecular formula is C11H13N7O. The highest BCUT2D eigenvalue weighted by molar-refractivity contribution is 5.83. The third kappa shape index (κ3) is 1.96. The van der Waals surface area contributed by atoms with Crippen molar-refractivity contribution in [2.45, 2.75) is 20.4 Å². The van der Waals surface area contributed by atoms with E-state index in [9.17, 15) is 0 Å². The molecule has 3 aromatic heterocycles. The summed E-state index contributed by atoms with van der Waals surface area (Å²) in [5, 5.41) is 7.10. The summed E-state index contributed by atoms with van der Waals surface area (Å²) in [6, 6.07) is 0. The Bertz CT molecular complexity index is 710. The fourth-order valence-electron chi connectivity index (χ4n) is 1.90. The lowest BCUT2D eigenvalue weighted by Crippen LogP contribution is -2.06. The largest absolute Gasteiger partial charge is 0.368 e. The van der Waals surface area contributed by atoms with E-state index in [0.29, 0.717) is 18.0 Å². The molecular weight excluding hydrogens is 246 g/mol. The van der Waals surface area contributed by atoms with E-state index in [2.05, 4.69) is 30.4 Å². The number of nitrogens with one attached hydrogen (secondary N) is 2. The van der Waals surface area contributed by atoms with Crippen LogP contribution in [-0.4, -0.2) is 25.1 Å². The molecule has 0 unspecified atom stereocenters. The Labute approximate surface area is 108 Å². The van der Waals surface area contributed by atoms with Gasteiger partial charge >= 0.3 is 0 Å². The molecule has 0 aliphatic carbocycles. The third-order valence-electron chi connectivity index (χ3n) is 2.92. The predicted octanol–water partition coefficient (Wildman–Crippen LogP) is 1.15. The average Bonchev–Trinajstić information content (AvgIpc) is 2.95. The van der Waals surface area contributed by atoms with Crippen LogP contribution >= 0.6 is 0 Å². The molecule has 3 heterocycles. The van der Waals surface area contributed by atoms with Gasteiger partial charge in [-0.3, -0.25) is 0 Å². The van der Waals surface area contributed by atoms with E-state index < -0.39 is 0 Å². The van der Waals surface area contributed by atoms with Crippen LogP contribution in [0.2, 0.25) is 0 Å². The lowest BCUT2D eigenvalue weighted by molar-refractivity contribution is 0.392. The molecule has 0 radical (unpaired) electrons. The van der Waals surface area contributed by atoms with E-state index in [1.54, 1.807) is 6.33 Å². The van der Waals surface area contributed by atoms with Crippen molar-refractivity contribution in [3.8, 4) is 0 Å². The molecule has 0 aliphatic heterocycles. The van der Waals surface area contributed by atoms with E-state index in [1.807, 2.05) is 13.8 Å². The first-order chi connectivity index (χ1) is 9.15. The molecule has 0 spiro atoms. The maximum absolute atomic E-state index is 5.65. The number of imidazole rings is 1. The maximum atomic E-state index is 5.65. The van der Waals surface area contributed by atoms with E-state index in [-0.39, 0.29) is 5.95 Å². The number of aryl methyl sites for hydroxylation is 2. The molecule has 0 atom stereocenters. The molecule has 0 bridgehead atoms. The Morgan fingerprint density at radius 3 is 2.95 bits per heavy atom. The van der Waals surface area contributed by atoms with Gasteiger partial charge in [0.05, 0.1) is 12.0 Å². The molecule has 8 nitrogen and oxygen atoms in total. The Kier molecular flexibility index (Phi) is 2.55. The molecule has 0 saturated heterocycles. The highest BCUT2D eigenvalue weighted by Crippen LogP contribution is 2.19. The normalized spacial score (nSPS) is 11.1. The van der Waals surface area contributed by atoms with Crippen LogP contribution in [0.1, 0.15) is 17.0 Å². The van der Waals surface area contributed by atoms with E-state index >= 15 is 0 Å². The van der Waals surface area contributed by atoms with Crippen molar-refractivity contribution in [3.63, 3.8) is 0 Å². The summed E-state index contributed by atoms with van der Waals surface area (Å²) in [5.41, 5.74) is 8.76. The first kappa shape index (κ1) is 11.5. The molecule has 98 valence electrons. The van der Waals surface area contributed by atoms with Gasteiger partial charge in [-0.1, -0.05) is 5.16 Å². The SMILES string of the molecule is Cc1noc(C)c1CNc1nc(N)nc2nc[nH]c12. The molecule has 8 heteroatoms. The van der Waals surface area contributed by atoms with Crippen molar-refractivity contribution < 1.29 is 4.52 Å². The molecule has 19 heavy (non-hydrogen) atoms. The van der Waals surface area contributed by atoms with Gasteiger partial charge in [0.1, 0.15) is 11.3 Å².